The van der Waals surface area contributed by atoms with Crippen LogP contribution < -0.4 is 0 Å². The van der Waals surface area contributed by atoms with Crippen molar-refractivity contribution in [1.29, 1.82) is 0 Å². The molecule has 0 aromatic heterocycles. The number of hydrogen-bond donors (Lipinski definition) is 0. The Morgan fingerprint density at radius 3 is 1.96 bits per heavy atom. The largest absolute Gasteiger partial charge is 0.460 e. The van der Waals surface area contributed by atoms with Gasteiger partial charge in [-0.05, 0) is 0 Å². The molecule has 1 aromatic rings. The van der Waals surface area contributed by atoms with Gasteiger partial charge in [-0.1, -0.05) is 30.3 Å². The summed E-state index contributed by atoms with van der Waals surface area (Å²) in [4.78, 5) is 0. The smallest absolute Gasteiger partial charge is 0.378 e. The van der Waals surface area contributed by atoms with Gasteiger partial charge in [0, 0.05) is 5.56 Å². The predicted molar refractivity (Wildman–Crippen MR) is 71.3 cm³/mol. The van der Waals surface area contributed by atoms with E-state index in [0.717, 1.165) is 17.1 Å². The van der Waals surface area contributed by atoms with Crippen LogP contribution in [0.1, 0.15) is 5.56 Å². The van der Waals surface area contributed by atoms with Gasteiger partial charge in [-0.15, -0.1) is 0 Å². The molecule has 1 heterocycles. The SMILES string of the molecule is FC(F)(F)C(F)(F)C(F)(F)/C(=N/N1CCOCC1)c1ccccc1. The Bertz CT molecular complexity index is 581. The number of hydrazone groups is 1. The van der Waals surface area contributed by atoms with Crippen molar-refractivity contribution in [3.05, 3.63) is 35.9 Å². The molecule has 0 radical (unpaired) electrons. The highest BCUT2D eigenvalue weighted by atomic mass is 19.4. The second-order valence-electron chi connectivity index (χ2n) is 5.03. The van der Waals surface area contributed by atoms with Crippen LogP contribution in [0.3, 0.4) is 0 Å². The van der Waals surface area contributed by atoms with E-state index in [4.69, 9.17) is 4.74 Å². The van der Waals surface area contributed by atoms with Crippen LogP contribution in [0.2, 0.25) is 0 Å². The van der Waals surface area contributed by atoms with Gasteiger partial charge >= 0.3 is 18.0 Å². The third-order valence-electron chi connectivity index (χ3n) is 3.32. The number of rotatable bonds is 4. The number of alkyl halides is 7. The fraction of sp³-hybridized carbons (Fsp3) is 0.500. The highest BCUT2D eigenvalue weighted by molar-refractivity contribution is 6.06. The maximum Gasteiger partial charge on any atom is 0.460 e. The summed E-state index contributed by atoms with van der Waals surface area (Å²) in [6.45, 7) is 0.216. The molecule has 1 aliphatic heterocycles. The van der Waals surface area contributed by atoms with Crippen molar-refractivity contribution in [1.82, 2.24) is 5.01 Å². The fourth-order valence-corrected chi connectivity index (χ4v) is 2.02. The van der Waals surface area contributed by atoms with Crippen LogP contribution >= 0.6 is 0 Å². The zero-order chi connectivity index (χ0) is 18.0. The Morgan fingerprint density at radius 2 is 1.46 bits per heavy atom. The van der Waals surface area contributed by atoms with Gasteiger partial charge in [-0.3, -0.25) is 5.01 Å². The van der Waals surface area contributed by atoms with Crippen LogP contribution in [-0.4, -0.2) is 55.0 Å². The van der Waals surface area contributed by atoms with E-state index < -0.39 is 29.3 Å². The molecule has 1 aromatic carbocycles. The minimum Gasteiger partial charge on any atom is -0.378 e. The molecule has 1 aliphatic rings. The summed E-state index contributed by atoms with van der Waals surface area (Å²) >= 11 is 0. The van der Waals surface area contributed by atoms with Crippen molar-refractivity contribution in [2.75, 3.05) is 26.3 Å². The lowest BCUT2D eigenvalue weighted by Gasteiger charge is -2.31. The molecule has 0 atom stereocenters. The number of benzene rings is 1. The molecule has 0 aliphatic carbocycles. The van der Waals surface area contributed by atoms with Crippen molar-refractivity contribution < 1.29 is 35.5 Å². The van der Waals surface area contributed by atoms with Crippen molar-refractivity contribution in [2.24, 2.45) is 5.10 Å². The fourth-order valence-electron chi connectivity index (χ4n) is 2.02. The van der Waals surface area contributed by atoms with E-state index >= 15 is 0 Å². The normalized spacial score (nSPS) is 18.0. The van der Waals surface area contributed by atoms with Gasteiger partial charge in [0.1, 0.15) is 5.71 Å². The first-order valence-electron chi connectivity index (χ1n) is 6.87. The van der Waals surface area contributed by atoms with Gasteiger partial charge in [0.2, 0.25) is 0 Å². The third kappa shape index (κ3) is 3.47. The Kier molecular flexibility index (Phi) is 5.07. The van der Waals surface area contributed by atoms with Crippen LogP contribution in [0.4, 0.5) is 30.7 Å². The first kappa shape index (κ1) is 18.5. The van der Waals surface area contributed by atoms with E-state index in [0.29, 0.717) is 0 Å². The topological polar surface area (TPSA) is 24.8 Å². The van der Waals surface area contributed by atoms with Gasteiger partial charge in [0.25, 0.3) is 0 Å². The molecule has 134 valence electrons. The highest BCUT2D eigenvalue weighted by Gasteiger charge is 2.75. The summed E-state index contributed by atoms with van der Waals surface area (Å²) in [6.07, 6.45) is -6.42. The summed E-state index contributed by atoms with van der Waals surface area (Å²) in [6, 6.07) is 5.90. The summed E-state index contributed by atoms with van der Waals surface area (Å²) in [5, 5.41) is 4.39. The van der Waals surface area contributed by atoms with E-state index in [1.54, 1.807) is 0 Å². The summed E-state index contributed by atoms with van der Waals surface area (Å²) in [5.74, 6) is -11.8. The molecular formula is C14H13F7N2O. The Morgan fingerprint density at radius 1 is 0.917 bits per heavy atom. The number of ether oxygens (including phenoxy) is 1. The predicted octanol–water partition coefficient (Wildman–Crippen LogP) is 3.56. The summed E-state index contributed by atoms with van der Waals surface area (Å²) in [5.41, 5.74) is -2.15. The van der Waals surface area contributed by atoms with Crippen molar-refractivity contribution >= 4 is 5.71 Å². The first-order chi connectivity index (χ1) is 11.1. The molecule has 0 N–H and O–H groups in total. The molecule has 0 spiro atoms. The summed E-state index contributed by atoms with van der Waals surface area (Å²) in [7, 11) is 0. The van der Waals surface area contributed by atoms with Crippen molar-refractivity contribution in [3.8, 4) is 0 Å². The van der Waals surface area contributed by atoms with Crippen LogP contribution in [0.25, 0.3) is 0 Å². The van der Waals surface area contributed by atoms with E-state index in [-0.39, 0.29) is 26.3 Å². The van der Waals surface area contributed by atoms with Gasteiger partial charge in [0.05, 0.1) is 26.3 Å². The Labute approximate surface area is 132 Å². The van der Waals surface area contributed by atoms with Crippen LogP contribution in [0.5, 0.6) is 0 Å². The molecule has 0 bridgehead atoms. The molecular weight excluding hydrogens is 345 g/mol. The number of halogens is 7. The second-order valence-corrected chi connectivity index (χ2v) is 5.03. The van der Waals surface area contributed by atoms with Crippen LogP contribution in [0.15, 0.2) is 35.4 Å². The molecule has 2 rings (SSSR count). The van der Waals surface area contributed by atoms with Gasteiger partial charge in [-0.2, -0.15) is 35.8 Å². The molecule has 0 saturated carbocycles. The Balaban J connectivity index is 2.51. The number of hydrogen-bond acceptors (Lipinski definition) is 3. The van der Waals surface area contributed by atoms with Crippen molar-refractivity contribution in [2.45, 2.75) is 18.0 Å². The first-order valence-corrected chi connectivity index (χ1v) is 6.87. The van der Waals surface area contributed by atoms with Crippen LogP contribution in [-0.2, 0) is 4.74 Å². The third-order valence-corrected chi connectivity index (χ3v) is 3.32. The lowest BCUT2D eigenvalue weighted by Crippen LogP contribution is -2.57. The standard InChI is InChI=1S/C14H13F7N2O/c15-12(16,13(17,18)14(19,20)21)11(10-4-2-1-3-5-10)22-23-6-8-24-9-7-23/h1-5H,6-9H2/b22-11+. The second kappa shape index (κ2) is 6.58. The van der Waals surface area contributed by atoms with Crippen LogP contribution in [0, 0.1) is 0 Å². The van der Waals surface area contributed by atoms with E-state index in [9.17, 15) is 30.7 Å². The molecule has 1 fully saturated rings. The highest BCUT2D eigenvalue weighted by Crippen LogP contribution is 2.48. The number of nitrogens with zero attached hydrogens (tertiary/aromatic N) is 2. The maximum atomic E-state index is 14.1. The lowest BCUT2D eigenvalue weighted by molar-refractivity contribution is -0.336. The monoisotopic (exact) mass is 358 g/mol. The molecule has 24 heavy (non-hydrogen) atoms. The minimum absolute atomic E-state index is 0.00397. The minimum atomic E-state index is -6.42. The molecule has 0 amide bonds. The quantitative estimate of drug-likeness (QED) is 0.607. The lowest BCUT2D eigenvalue weighted by atomic mass is 9.99. The molecule has 10 heteroatoms. The average Bonchev–Trinajstić information content (AvgIpc) is 2.53. The summed E-state index contributed by atoms with van der Waals surface area (Å²) < 4.78 is 97.4. The van der Waals surface area contributed by atoms with Gasteiger partial charge in [0.15, 0.2) is 0 Å². The van der Waals surface area contributed by atoms with Crippen molar-refractivity contribution in [3.63, 3.8) is 0 Å². The molecule has 0 unspecified atom stereocenters. The van der Waals surface area contributed by atoms with Gasteiger partial charge in [-0.25, -0.2) is 0 Å². The average molecular weight is 358 g/mol. The van der Waals surface area contributed by atoms with E-state index in [2.05, 4.69) is 5.10 Å². The zero-order valence-electron chi connectivity index (χ0n) is 12.2. The maximum absolute atomic E-state index is 14.1. The number of morpholine rings is 1. The molecule has 3 nitrogen and oxygen atoms in total. The Hall–Kier alpha value is -1.84. The zero-order valence-corrected chi connectivity index (χ0v) is 12.2. The van der Waals surface area contributed by atoms with E-state index in [1.807, 2.05) is 0 Å². The van der Waals surface area contributed by atoms with E-state index in [1.165, 1.54) is 18.2 Å². The van der Waals surface area contributed by atoms with Gasteiger partial charge < -0.3 is 4.74 Å². The molecule has 1 saturated heterocycles.